The highest BCUT2D eigenvalue weighted by Gasteiger charge is 2.21. The summed E-state index contributed by atoms with van der Waals surface area (Å²) in [6.07, 6.45) is 10.1. The Morgan fingerprint density at radius 3 is 2.62 bits per heavy atom. The van der Waals surface area contributed by atoms with Gasteiger partial charge in [-0.15, -0.1) is 0 Å². The van der Waals surface area contributed by atoms with Gasteiger partial charge in [0.2, 0.25) is 0 Å². The molecule has 1 aliphatic carbocycles. The second-order valence-electron chi connectivity index (χ2n) is 6.79. The second-order valence-corrected chi connectivity index (χ2v) is 6.79. The molecule has 2 aromatic rings. The maximum absolute atomic E-state index is 11.1. The maximum atomic E-state index is 11.1. The molecular weight excluding hydrogens is 302 g/mol. The van der Waals surface area contributed by atoms with Gasteiger partial charge in [0.15, 0.2) is 0 Å². The molecule has 2 heterocycles. The summed E-state index contributed by atoms with van der Waals surface area (Å²) in [7, 11) is 0. The van der Waals surface area contributed by atoms with E-state index in [2.05, 4.69) is 15.2 Å². The molecule has 24 heavy (non-hydrogen) atoms. The molecule has 0 radical (unpaired) electrons. The number of pyridine rings is 1. The molecule has 1 aliphatic rings. The van der Waals surface area contributed by atoms with E-state index >= 15 is 0 Å². The van der Waals surface area contributed by atoms with Gasteiger partial charge >= 0.3 is 0 Å². The van der Waals surface area contributed by atoms with Gasteiger partial charge in [-0.2, -0.15) is 5.10 Å². The summed E-state index contributed by atoms with van der Waals surface area (Å²) in [6, 6.07) is 5.80. The number of carbonyl (C=O) groups is 1. The van der Waals surface area contributed by atoms with Gasteiger partial charge in [0.25, 0.3) is 0 Å². The largest absolute Gasteiger partial charge is 0.492 e. The van der Waals surface area contributed by atoms with Crippen molar-refractivity contribution in [2.75, 3.05) is 6.61 Å². The van der Waals surface area contributed by atoms with Crippen LogP contribution < -0.4 is 4.74 Å². The third kappa shape index (κ3) is 4.66. The van der Waals surface area contributed by atoms with Crippen molar-refractivity contribution >= 4 is 5.78 Å². The summed E-state index contributed by atoms with van der Waals surface area (Å²) >= 11 is 0. The van der Waals surface area contributed by atoms with Crippen molar-refractivity contribution in [2.45, 2.75) is 45.4 Å². The highest BCUT2D eigenvalue weighted by atomic mass is 16.5. The van der Waals surface area contributed by atoms with Crippen LogP contribution in [0, 0.1) is 11.8 Å². The summed E-state index contributed by atoms with van der Waals surface area (Å²) < 4.78 is 5.91. The third-order valence-corrected chi connectivity index (χ3v) is 4.87. The number of carbonyl (C=O) groups excluding carboxylic acids is 1. The average molecular weight is 327 g/mol. The van der Waals surface area contributed by atoms with Gasteiger partial charge in [0.05, 0.1) is 24.2 Å². The van der Waals surface area contributed by atoms with Crippen molar-refractivity contribution in [3.05, 3.63) is 30.6 Å². The van der Waals surface area contributed by atoms with Gasteiger partial charge in [0, 0.05) is 12.6 Å². The lowest BCUT2D eigenvalue weighted by molar-refractivity contribution is -0.117. The summed E-state index contributed by atoms with van der Waals surface area (Å²) in [4.78, 5) is 15.5. The Hall–Kier alpha value is -2.17. The van der Waals surface area contributed by atoms with Gasteiger partial charge in [-0.3, -0.25) is 10.1 Å². The molecule has 2 aromatic heterocycles. The van der Waals surface area contributed by atoms with Crippen LogP contribution in [0.4, 0.5) is 0 Å². The average Bonchev–Trinajstić information content (AvgIpc) is 3.14. The predicted octanol–water partition coefficient (Wildman–Crippen LogP) is 4.03. The van der Waals surface area contributed by atoms with Gasteiger partial charge in [-0.1, -0.05) is 12.8 Å². The number of ether oxygens (including phenoxy) is 1. The van der Waals surface area contributed by atoms with Gasteiger partial charge < -0.3 is 9.53 Å². The van der Waals surface area contributed by atoms with Gasteiger partial charge in [-0.05, 0) is 56.2 Å². The molecule has 5 heteroatoms. The fourth-order valence-corrected chi connectivity index (χ4v) is 3.33. The van der Waals surface area contributed by atoms with Crippen LogP contribution in [0.25, 0.3) is 11.4 Å². The number of hydrogen-bond acceptors (Lipinski definition) is 4. The Balaban J connectivity index is 1.41. The molecule has 0 amide bonds. The zero-order chi connectivity index (χ0) is 16.8. The Labute approximate surface area is 142 Å². The fraction of sp³-hybridized carbons (Fsp3) is 0.526. The van der Waals surface area contributed by atoms with Crippen LogP contribution in [0.15, 0.2) is 30.6 Å². The van der Waals surface area contributed by atoms with Crippen molar-refractivity contribution < 1.29 is 9.53 Å². The number of ketones is 1. The minimum Gasteiger partial charge on any atom is -0.492 e. The van der Waals surface area contributed by atoms with Crippen LogP contribution in [0.3, 0.4) is 0 Å². The molecule has 1 fully saturated rings. The number of rotatable bonds is 7. The summed E-state index contributed by atoms with van der Waals surface area (Å²) in [6.45, 7) is 2.44. The lowest BCUT2D eigenvalue weighted by Crippen LogP contribution is -2.20. The molecule has 5 nitrogen and oxygen atoms in total. The maximum Gasteiger partial charge on any atom is 0.137 e. The SMILES string of the molecule is CC(=O)CCC1CCC(COc2ccc(-c3ccn[nH]3)nc2)CC1. The van der Waals surface area contributed by atoms with Crippen molar-refractivity contribution in [2.24, 2.45) is 11.8 Å². The molecule has 0 spiro atoms. The quantitative estimate of drug-likeness (QED) is 0.834. The van der Waals surface area contributed by atoms with E-state index in [9.17, 15) is 4.79 Å². The first-order chi connectivity index (χ1) is 11.7. The topological polar surface area (TPSA) is 67.9 Å². The first-order valence-corrected chi connectivity index (χ1v) is 8.78. The third-order valence-electron chi connectivity index (χ3n) is 4.87. The Bertz CT molecular complexity index is 629. The van der Waals surface area contributed by atoms with E-state index in [1.165, 1.54) is 25.7 Å². The van der Waals surface area contributed by atoms with E-state index < -0.39 is 0 Å². The number of hydrogen-bond donors (Lipinski definition) is 1. The number of Topliss-reactive ketones (excluding diaryl/α,β-unsaturated/α-hetero) is 1. The molecule has 0 bridgehead atoms. The lowest BCUT2D eigenvalue weighted by Gasteiger charge is -2.28. The Morgan fingerprint density at radius 2 is 2.00 bits per heavy atom. The second kappa shape index (κ2) is 8.08. The number of H-pyrrole nitrogens is 1. The zero-order valence-corrected chi connectivity index (χ0v) is 14.2. The first kappa shape index (κ1) is 16.7. The summed E-state index contributed by atoms with van der Waals surface area (Å²) in [5, 5.41) is 6.84. The van der Waals surface area contributed by atoms with E-state index in [4.69, 9.17) is 4.74 Å². The summed E-state index contributed by atoms with van der Waals surface area (Å²) in [5.41, 5.74) is 1.77. The molecule has 1 saturated carbocycles. The van der Waals surface area contributed by atoms with Crippen LogP contribution in [-0.2, 0) is 4.79 Å². The van der Waals surface area contributed by atoms with Crippen LogP contribution >= 0.6 is 0 Å². The predicted molar refractivity (Wildman–Crippen MR) is 92.7 cm³/mol. The fourth-order valence-electron chi connectivity index (χ4n) is 3.33. The minimum absolute atomic E-state index is 0.312. The van der Waals surface area contributed by atoms with E-state index in [1.54, 1.807) is 19.3 Å². The molecule has 0 saturated heterocycles. The normalized spacial score (nSPS) is 20.7. The van der Waals surface area contributed by atoms with Crippen molar-refractivity contribution in [3.63, 3.8) is 0 Å². The molecule has 0 unspecified atom stereocenters. The number of nitrogens with one attached hydrogen (secondary N) is 1. The minimum atomic E-state index is 0.312. The number of aromatic nitrogens is 3. The smallest absolute Gasteiger partial charge is 0.137 e. The van der Waals surface area contributed by atoms with Crippen LogP contribution in [0.1, 0.15) is 45.4 Å². The summed E-state index contributed by atoms with van der Waals surface area (Å²) in [5.74, 6) is 2.47. The molecule has 3 rings (SSSR count). The van der Waals surface area contributed by atoms with Crippen LogP contribution in [0.2, 0.25) is 0 Å². The monoisotopic (exact) mass is 327 g/mol. The molecule has 0 atom stereocenters. The standard InChI is InChI=1S/C19H25N3O2/c1-14(23)2-3-15-4-6-16(7-5-15)13-24-17-8-9-18(20-12-17)19-10-11-21-22-19/h8-12,15-16H,2-7,13H2,1H3,(H,21,22). The molecule has 0 aromatic carbocycles. The number of aromatic amines is 1. The molecule has 0 aliphatic heterocycles. The van der Waals surface area contributed by atoms with Gasteiger partial charge in [0.1, 0.15) is 11.5 Å². The first-order valence-electron chi connectivity index (χ1n) is 8.78. The van der Waals surface area contributed by atoms with Crippen molar-refractivity contribution in [1.29, 1.82) is 0 Å². The van der Waals surface area contributed by atoms with Gasteiger partial charge in [-0.25, -0.2) is 0 Å². The molecular formula is C19H25N3O2. The van der Waals surface area contributed by atoms with E-state index in [0.29, 0.717) is 11.7 Å². The highest BCUT2D eigenvalue weighted by Crippen LogP contribution is 2.32. The lowest BCUT2D eigenvalue weighted by atomic mass is 9.80. The zero-order valence-electron chi connectivity index (χ0n) is 14.2. The Kier molecular flexibility index (Phi) is 5.62. The highest BCUT2D eigenvalue weighted by molar-refractivity contribution is 5.75. The Morgan fingerprint density at radius 1 is 1.21 bits per heavy atom. The van der Waals surface area contributed by atoms with Crippen molar-refractivity contribution in [1.82, 2.24) is 15.2 Å². The number of nitrogens with zero attached hydrogens (tertiary/aromatic N) is 2. The van der Waals surface area contributed by atoms with E-state index in [-0.39, 0.29) is 0 Å². The van der Waals surface area contributed by atoms with E-state index in [0.717, 1.165) is 42.5 Å². The van der Waals surface area contributed by atoms with Crippen LogP contribution in [-0.4, -0.2) is 27.6 Å². The van der Waals surface area contributed by atoms with E-state index in [1.807, 2.05) is 18.2 Å². The van der Waals surface area contributed by atoms with Crippen molar-refractivity contribution in [3.8, 4) is 17.1 Å². The molecule has 128 valence electrons. The van der Waals surface area contributed by atoms with Crippen LogP contribution in [0.5, 0.6) is 5.75 Å². The molecule has 1 N–H and O–H groups in total.